The normalized spacial score (nSPS) is 18.7. The first kappa shape index (κ1) is 27.1. The average Bonchev–Trinajstić information content (AvgIpc) is 2.83. The topological polar surface area (TPSA) is 103 Å². The molecule has 0 bridgehead atoms. The first-order chi connectivity index (χ1) is 16.9. The van der Waals surface area contributed by atoms with Gasteiger partial charge in [0.2, 0.25) is 5.88 Å². The molecule has 36 heavy (non-hydrogen) atoms. The summed E-state index contributed by atoms with van der Waals surface area (Å²) in [5.41, 5.74) is -0.685. The van der Waals surface area contributed by atoms with Gasteiger partial charge in [0.1, 0.15) is 23.1 Å². The highest BCUT2D eigenvalue weighted by atomic mass is 19.1. The molecule has 2 N–H and O–H groups in total. The predicted molar refractivity (Wildman–Crippen MR) is 132 cm³/mol. The molecular formula is C27H32FN3O5. The molecule has 0 fully saturated rings. The van der Waals surface area contributed by atoms with Crippen molar-refractivity contribution in [3.05, 3.63) is 59.0 Å². The molecule has 2 heterocycles. The smallest absolute Gasteiger partial charge is 0.259 e. The fourth-order valence-electron chi connectivity index (χ4n) is 3.81. The monoisotopic (exact) mass is 497 g/mol. The molecule has 1 aliphatic heterocycles. The number of aliphatic hydroxyl groups excluding tert-OH is 1. The van der Waals surface area contributed by atoms with Gasteiger partial charge in [0.15, 0.2) is 0 Å². The first-order valence-electron chi connectivity index (χ1n) is 11.7. The number of rotatable bonds is 5. The van der Waals surface area contributed by atoms with E-state index in [4.69, 9.17) is 4.74 Å². The highest BCUT2D eigenvalue weighted by Crippen LogP contribution is 2.27. The molecule has 2 aromatic rings. The van der Waals surface area contributed by atoms with Crippen LogP contribution in [0.2, 0.25) is 0 Å². The van der Waals surface area contributed by atoms with Gasteiger partial charge in [0.25, 0.3) is 11.8 Å². The van der Waals surface area contributed by atoms with Crippen molar-refractivity contribution in [3.63, 3.8) is 0 Å². The lowest BCUT2D eigenvalue weighted by atomic mass is 9.99. The number of amides is 2. The highest BCUT2D eigenvalue weighted by Gasteiger charge is 2.35. The van der Waals surface area contributed by atoms with E-state index in [1.165, 1.54) is 29.3 Å². The number of carbonyl (C=O) groups excluding carboxylic acids is 2. The van der Waals surface area contributed by atoms with Crippen molar-refractivity contribution in [2.75, 3.05) is 26.7 Å². The summed E-state index contributed by atoms with van der Waals surface area (Å²) in [4.78, 5) is 33.6. The van der Waals surface area contributed by atoms with E-state index in [1.807, 2.05) is 6.92 Å². The van der Waals surface area contributed by atoms with Gasteiger partial charge in [0, 0.05) is 31.3 Å². The Balaban J connectivity index is 1.97. The summed E-state index contributed by atoms with van der Waals surface area (Å²) in [6.07, 6.45) is 0.870. The maximum atomic E-state index is 14.2. The van der Waals surface area contributed by atoms with E-state index in [-0.39, 0.29) is 48.5 Å². The summed E-state index contributed by atoms with van der Waals surface area (Å²) in [6.45, 7) is 6.84. The van der Waals surface area contributed by atoms with Gasteiger partial charge in [-0.15, -0.1) is 0 Å². The van der Waals surface area contributed by atoms with Gasteiger partial charge in [-0.1, -0.05) is 30.9 Å². The number of likely N-dealkylation sites (N-methyl/N-ethyl adjacent to an activating group) is 1. The molecule has 1 aromatic heterocycles. The summed E-state index contributed by atoms with van der Waals surface area (Å²) in [5, 5.41) is 19.7. The van der Waals surface area contributed by atoms with Crippen LogP contribution in [-0.4, -0.2) is 81.3 Å². The Kier molecular flexibility index (Phi) is 8.33. The van der Waals surface area contributed by atoms with Gasteiger partial charge >= 0.3 is 0 Å². The third kappa shape index (κ3) is 6.39. The number of benzene rings is 1. The molecule has 0 spiro atoms. The van der Waals surface area contributed by atoms with E-state index < -0.39 is 29.5 Å². The molecule has 2 amide bonds. The lowest BCUT2D eigenvalue weighted by molar-refractivity contribution is 0.0312. The van der Waals surface area contributed by atoms with Crippen LogP contribution in [0.15, 0.2) is 36.5 Å². The minimum atomic E-state index is -1.22. The van der Waals surface area contributed by atoms with Crippen LogP contribution < -0.4 is 4.74 Å². The predicted octanol–water partition coefficient (Wildman–Crippen LogP) is 2.34. The van der Waals surface area contributed by atoms with Crippen LogP contribution >= 0.6 is 0 Å². The van der Waals surface area contributed by atoms with Crippen molar-refractivity contribution in [2.24, 2.45) is 5.92 Å². The molecule has 1 aliphatic rings. The molecule has 0 radical (unpaired) electrons. The van der Waals surface area contributed by atoms with E-state index in [1.54, 1.807) is 44.9 Å². The van der Waals surface area contributed by atoms with Crippen molar-refractivity contribution >= 4 is 11.8 Å². The van der Waals surface area contributed by atoms with Gasteiger partial charge in [-0.05, 0) is 39.0 Å². The van der Waals surface area contributed by atoms with Crippen LogP contribution in [0.5, 0.6) is 5.88 Å². The zero-order valence-corrected chi connectivity index (χ0v) is 21.2. The Labute approximate surface area is 210 Å². The van der Waals surface area contributed by atoms with Crippen molar-refractivity contribution in [1.82, 2.24) is 14.8 Å². The fraction of sp³-hybridized carbons (Fsp3) is 0.444. The largest absolute Gasteiger partial charge is 0.472 e. The number of aromatic nitrogens is 1. The Morgan fingerprint density at radius 1 is 1.39 bits per heavy atom. The molecule has 9 heteroatoms. The number of halogens is 1. The highest BCUT2D eigenvalue weighted by molar-refractivity contribution is 5.97. The Hall–Kier alpha value is -3.48. The van der Waals surface area contributed by atoms with Gasteiger partial charge in [-0.25, -0.2) is 9.37 Å². The number of carbonyl (C=O) groups is 2. The summed E-state index contributed by atoms with van der Waals surface area (Å²) < 4.78 is 20.3. The second kappa shape index (κ2) is 11.1. The summed E-state index contributed by atoms with van der Waals surface area (Å²) in [5.74, 6) is 3.86. The van der Waals surface area contributed by atoms with Crippen molar-refractivity contribution in [3.8, 4) is 17.7 Å². The Morgan fingerprint density at radius 3 is 2.72 bits per heavy atom. The molecule has 0 saturated carbocycles. The molecule has 1 aromatic carbocycles. The summed E-state index contributed by atoms with van der Waals surface area (Å²) >= 11 is 0. The third-order valence-corrected chi connectivity index (χ3v) is 5.94. The zero-order chi connectivity index (χ0) is 26.6. The molecule has 0 aliphatic carbocycles. The van der Waals surface area contributed by atoms with E-state index in [9.17, 15) is 24.2 Å². The maximum absolute atomic E-state index is 14.2. The number of nitrogens with zero attached hydrogens (tertiary/aromatic N) is 3. The number of pyridine rings is 1. The number of hydrogen-bond acceptors (Lipinski definition) is 6. The van der Waals surface area contributed by atoms with E-state index in [0.717, 1.165) is 0 Å². The third-order valence-electron chi connectivity index (χ3n) is 5.94. The maximum Gasteiger partial charge on any atom is 0.259 e. The van der Waals surface area contributed by atoms with Gasteiger partial charge < -0.3 is 24.7 Å². The quantitative estimate of drug-likeness (QED) is 0.615. The fourth-order valence-corrected chi connectivity index (χ4v) is 3.81. The summed E-state index contributed by atoms with van der Waals surface area (Å²) in [7, 11) is 1.56. The standard InChI is InChI=1S/C27H32FN3O5/c1-17-14-31(18(2)16-32)26(34)21-12-19(10-11-27(3,4)35)13-29-24(21)36-23(17)15-30(5)25(33)20-8-6-7-9-22(20)28/h6-9,12-13,17-18,23,32,35H,14-16H2,1-5H3/t17-,18-,23-/m0/s1. The average molecular weight is 498 g/mol. The molecule has 0 saturated heterocycles. The SMILES string of the molecule is C[C@H]1CN([C@@H](C)CO)C(=O)c2cc(C#CC(C)(C)O)cnc2O[C@H]1CN(C)C(=O)c1ccccc1F. The van der Waals surface area contributed by atoms with Gasteiger partial charge in [-0.2, -0.15) is 0 Å². The van der Waals surface area contributed by atoms with Crippen LogP contribution in [0.25, 0.3) is 0 Å². The minimum absolute atomic E-state index is 0.0437. The molecular weight excluding hydrogens is 465 g/mol. The number of hydrogen-bond donors (Lipinski definition) is 2. The number of aliphatic hydroxyl groups is 2. The number of fused-ring (bicyclic) bond motifs is 1. The minimum Gasteiger partial charge on any atom is -0.472 e. The molecule has 192 valence electrons. The van der Waals surface area contributed by atoms with Gasteiger partial charge in [-0.3, -0.25) is 9.59 Å². The number of ether oxygens (including phenoxy) is 1. The summed E-state index contributed by atoms with van der Waals surface area (Å²) in [6, 6.07) is 6.83. The first-order valence-corrected chi connectivity index (χ1v) is 11.7. The van der Waals surface area contributed by atoms with Crippen molar-refractivity contribution in [2.45, 2.75) is 45.4 Å². The second-order valence-corrected chi connectivity index (χ2v) is 9.67. The van der Waals surface area contributed by atoms with Crippen molar-refractivity contribution in [1.29, 1.82) is 0 Å². The van der Waals surface area contributed by atoms with Crippen LogP contribution in [0.1, 0.15) is 54.0 Å². The molecule has 8 nitrogen and oxygen atoms in total. The van der Waals surface area contributed by atoms with Crippen LogP contribution in [0.3, 0.4) is 0 Å². The Bertz CT molecular complexity index is 1180. The van der Waals surface area contributed by atoms with Crippen LogP contribution in [0.4, 0.5) is 4.39 Å². The van der Waals surface area contributed by atoms with Crippen molar-refractivity contribution < 1.29 is 28.9 Å². The van der Waals surface area contributed by atoms with Gasteiger partial charge in [0.05, 0.1) is 24.8 Å². The Morgan fingerprint density at radius 2 is 2.08 bits per heavy atom. The van der Waals surface area contributed by atoms with E-state index in [2.05, 4.69) is 16.8 Å². The van der Waals surface area contributed by atoms with E-state index >= 15 is 0 Å². The lowest BCUT2D eigenvalue weighted by Gasteiger charge is -2.37. The van der Waals surface area contributed by atoms with Crippen LogP contribution in [0, 0.1) is 23.6 Å². The molecule has 0 unspecified atom stereocenters. The van der Waals surface area contributed by atoms with E-state index in [0.29, 0.717) is 5.56 Å². The lowest BCUT2D eigenvalue weighted by Crippen LogP contribution is -2.50. The van der Waals surface area contributed by atoms with Crippen LogP contribution in [-0.2, 0) is 0 Å². The molecule has 3 atom stereocenters. The zero-order valence-electron chi connectivity index (χ0n) is 21.2. The second-order valence-electron chi connectivity index (χ2n) is 9.67. The molecule has 3 rings (SSSR count).